The normalized spacial score (nSPS) is 9.86. The first-order valence-corrected chi connectivity index (χ1v) is 4.30. The van der Waals surface area contributed by atoms with Crippen LogP contribution >= 0.6 is 12.4 Å². The molecule has 74 valence electrons. The maximum absolute atomic E-state index is 5.71. The van der Waals surface area contributed by atoms with E-state index in [1.54, 1.807) is 0 Å². The number of rotatable bonds is 0. The van der Waals surface area contributed by atoms with E-state index in [0.717, 1.165) is 16.5 Å². The van der Waals surface area contributed by atoms with Gasteiger partial charge in [-0.3, -0.25) is 0 Å². The van der Waals surface area contributed by atoms with Crippen molar-refractivity contribution in [2.45, 2.75) is 13.8 Å². The molecular weight excluding hydrogens is 196 g/mol. The van der Waals surface area contributed by atoms with Gasteiger partial charge >= 0.3 is 0 Å². The fourth-order valence-electron chi connectivity index (χ4n) is 1.42. The maximum atomic E-state index is 5.71. The highest BCUT2D eigenvalue weighted by Crippen LogP contribution is 2.18. The molecule has 0 fully saturated rings. The number of hydrogen-bond acceptors (Lipinski definition) is 2. The zero-order valence-electron chi connectivity index (χ0n) is 8.24. The predicted molar refractivity (Wildman–Crippen MR) is 62.9 cm³/mol. The highest BCUT2D eigenvalue weighted by molar-refractivity contribution is 5.85. The van der Waals surface area contributed by atoms with E-state index in [9.17, 15) is 0 Å². The molecule has 0 atom stereocenters. The smallest absolute Gasteiger partial charge is 0.127 e. The molecule has 1 heterocycles. The van der Waals surface area contributed by atoms with Gasteiger partial charge in [0.1, 0.15) is 5.82 Å². The van der Waals surface area contributed by atoms with Crippen LogP contribution < -0.4 is 5.73 Å². The number of hydrogen-bond donors (Lipinski definition) is 1. The minimum absolute atomic E-state index is 0. The van der Waals surface area contributed by atoms with Crippen LogP contribution in [0.4, 0.5) is 5.82 Å². The molecule has 0 saturated carbocycles. The number of aromatic nitrogens is 1. The lowest BCUT2D eigenvalue weighted by atomic mass is 10.1. The molecular formula is C11H13ClN2. The van der Waals surface area contributed by atoms with Gasteiger partial charge in [-0.25, -0.2) is 4.98 Å². The first kappa shape index (κ1) is 10.8. The van der Waals surface area contributed by atoms with E-state index in [0.29, 0.717) is 5.82 Å². The first-order chi connectivity index (χ1) is 6.16. The molecule has 1 aromatic heterocycles. The Bertz CT molecular complexity index is 466. The Morgan fingerprint density at radius 3 is 2.57 bits per heavy atom. The van der Waals surface area contributed by atoms with E-state index in [1.807, 2.05) is 19.1 Å². The minimum atomic E-state index is 0. The Balaban J connectivity index is 0.000000980. The minimum Gasteiger partial charge on any atom is -0.383 e. The number of anilines is 1. The molecule has 0 unspecified atom stereocenters. The summed E-state index contributed by atoms with van der Waals surface area (Å²) in [6, 6.07) is 8.24. The van der Waals surface area contributed by atoms with Crippen molar-refractivity contribution in [3.8, 4) is 0 Å². The van der Waals surface area contributed by atoms with Crippen LogP contribution in [0.25, 0.3) is 10.9 Å². The van der Waals surface area contributed by atoms with Crippen molar-refractivity contribution in [1.82, 2.24) is 4.98 Å². The molecule has 1 aromatic carbocycles. The third-order valence-corrected chi connectivity index (χ3v) is 2.20. The number of nitrogens with two attached hydrogens (primary N) is 1. The zero-order chi connectivity index (χ0) is 9.42. The highest BCUT2D eigenvalue weighted by atomic mass is 35.5. The van der Waals surface area contributed by atoms with Gasteiger partial charge in [0.2, 0.25) is 0 Å². The van der Waals surface area contributed by atoms with E-state index in [4.69, 9.17) is 5.73 Å². The fourth-order valence-corrected chi connectivity index (χ4v) is 1.42. The van der Waals surface area contributed by atoms with E-state index in [1.165, 1.54) is 5.56 Å². The highest BCUT2D eigenvalue weighted by Gasteiger charge is 1.99. The number of aryl methyl sites for hydroxylation is 2. The van der Waals surface area contributed by atoms with Crippen LogP contribution in [0, 0.1) is 13.8 Å². The number of pyridine rings is 1. The van der Waals surface area contributed by atoms with Crippen LogP contribution in [0.5, 0.6) is 0 Å². The largest absolute Gasteiger partial charge is 0.383 e. The summed E-state index contributed by atoms with van der Waals surface area (Å²) in [6.07, 6.45) is 0. The van der Waals surface area contributed by atoms with Crippen molar-refractivity contribution < 1.29 is 0 Å². The molecule has 2 nitrogen and oxygen atoms in total. The van der Waals surface area contributed by atoms with Crippen molar-refractivity contribution in [2.24, 2.45) is 0 Å². The molecule has 2 N–H and O–H groups in total. The summed E-state index contributed by atoms with van der Waals surface area (Å²) in [5, 5.41) is 1.16. The van der Waals surface area contributed by atoms with E-state index in [2.05, 4.69) is 24.0 Å². The first-order valence-electron chi connectivity index (χ1n) is 4.30. The molecule has 0 radical (unpaired) electrons. The average Bonchev–Trinajstić information content (AvgIpc) is 2.08. The van der Waals surface area contributed by atoms with Gasteiger partial charge < -0.3 is 5.73 Å². The van der Waals surface area contributed by atoms with Crippen molar-refractivity contribution in [3.63, 3.8) is 0 Å². The second kappa shape index (κ2) is 3.84. The van der Waals surface area contributed by atoms with Gasteiger partial charge in [-0.2, -0.15) is 0 Å². The Hall–Kier alpha value is -1.28. The van der Waals surface area contributed by atoms with E-state index < -0.39 is 0 Å². The lowest BCUT2D eigenvalue weighted by molar-refractivity contribution is 1.33. The van der Waals surface area contributed by atoms with Gasteiger partial charge in [-0.05, 0) is 37.6 Å². The van der Waals surface area contributed by atoms with Crippen LogP contribution in [0.15, 0.2) is 24.3 Å². The van der Waals surface area contributed by atoms with Gasteiger partial charge in [0.25, 0.3) is 0 Å². The SMILES string of the molecule is Cc1ccc2nc(N)c(C)cc2c1.Cl. The predicted octanol–water partition coefficient (Wildman–Crippen LogP) is 2.86. The molecule has 14 heavy (non-hydrogen) atoms. The molecule has 0 aliphatic rings. The second-order valence-corrected chi connectivity index (χ2v) is 3.39. The molecule has 0 spiro atoms. The van der Waals surface area contributed by atoms with E-state index in [-0.39, 0.29) is 12.4 Å². The van der Waals surface area contributed by atoms with Crippen molar-refractivity contribution >= 4 is 29.1 Å². The monoisotopic (exact) mass is 208 g/mol. The van der Waals surface area contributed by atoms with Crippen molar-refractivity contribution in [3.05, 3.63) is 35.4 Å². The van der Waals surface area contributed by atoms with Gasteiger partial charge in [-0.1, -0.05) is 11.6 Å². The quantitative estimate of drug-likeness (QED) is 0.723. The van der Waals surface area contributed by atoms with Gasteiger partial charge in [0.05, 0.1) is 5.52 Å². The summed E-state index contributed by atoms with van der Waals surface area (Å²) in [5.74, 6) is 0.622. The summed E-state index contributed by atoms with van der Waals surface area (Å²) >= 11 is 0. The summed E-state index contributed by atoms with van der Waals surface area (Å²) in [6.45, 7) is 4.05. The fraction of sp³-hybridized carbons (Fsp3) is 0.182. The van der Waals surface area contributed by atoms with Crippen LogP contribution in [0.1, 0.15) is 11.1 Å². The topological polar surface area (TPSA) is 38.9 Å². The lowest BCUT2D eigenvalue weighted by Crippen LogP contribution is -1.94. The van der Waals surface area contributed by atoms with E-state index >= 15 is 0 Å². The number of nitrogen functional groups attached to an aromatic ring is 1. The summed E-state index contributed by atoms with van der Waals surface area (Å²) < 4.78 is 0. The van der Waals surface area contributed by atoms with Gasteiger partial charge in [0.15, 0.2) is 0 Å². The average molecular weight is 209 g/mol. The summed E-state index contributed by atoms with van der Waals surface area (Å²) in [5.41, 5.74) is 8.97. The van der Waals surface area contributed by atoms with Gasteiger partial charge in [0, 0.05) is 5.39 Å². The molecule has 2 rings (SSSR count). The second-order valence-electron chi connectivity index (χ2n) is 3.39. The van der Waals surface area contributed by atoms with Crippen LogP contribution in [-0.2, 0) is 0 Å². The molecule has 3 heteroatoms. The summed E-state index contributed by atoms with van der Waals surface area (Å²) in [7, 11) is 0. The Morgan fingerprint density at radius 2 is 1.86 bits per heavy atom. The van der Waals surface area contributed by atoms with Crippen LogP contribution in [-0.4, -0.2) is 4.98 Å². The Kier molecular flexibility index (Phi) is 2.96. The summed E-state index contributed by atoms with van der Waals surface area (Å²) in [4.78, 5) is 4.29. The molecule has 0 aliphatic heterocycles. The third-order valence-electron chi connectivity index (χ3n) is 2.20. The maximum Gasteiger partial charge on any atom is 0.127 e. The lowest BCUT2D eigenvalue weighted by Gasteiger charge is -2.03. The van der Waals surface area contributed by atoms with Crippen LogP contribution in [0.3, 0.4) is 0 Å². The number of fused-ring (bicyclic) bond motifs is 1. The number of nitrogens with zero attached hydrogens (tertiary/aromatic N) is 1. The Labute approximate surface area is 89.6 Å². The molecule has 0 bridgehead atoms. The zero-order valence-corrected chi connectivity index (χ0v) is 9.06. The Morgan fingerprint density at radius 1 is 1.14 bits per heavy atom. The van der Waals surface area contributed by atoms with Gasteiger partial charge in [-0.15, -0.1) is 12.4 Å². The number of benzene rings is 1. The van der Waals surface area contributed by atoms with Crippen molar-refractivity contribution in [2.75, 3.05) is 5.73 Å². The molecule has 0 amide bonds. The molecule has 0 aliphatic carbocycles. The number of halogens is 1. The molecule has 2 aromatic rings. The third kappa shape index (κ3) is 1.80. The van der Waals surface area contributed by atoms with Crippen molar-refractivity contribution in [1.29, 1.82) is 0 Å². The van der Waals surface area contributed by atoms with Crippen LogP contribution in [0.2, 0.25) is 0 Å². The molecule has 0 saturated heterocycles. The standard InChI is InChI=1S/C11H12N2.ClH/c1-7-3-4-10-9(5-7)6-8(2)11(12)13-10;/h3-6H,1-2H3,(H2,12,13);1H.